The summed E-state index contributed by atoms with van der Waals surface area (Å²) in [6, 6.07) is 5.81. The Labute approximate surface area is 156 Å². The second kappa shape index (κ2) is 10.7. The smallest absolute Gasteiger partial charge is 0.222 e. The van der Waals surface area contributed by atoms with Gasteiger partial charge in [0, 0.05) is 13.0 Å². The molecule has 6 heteroatoms. The quantitative estimate of drug-likeness (QED) is 0.737. The SMILES string of the molecule is CC(C)CN(CC(O)c1ccc(F)cc1)C(=O)CCC1CCNC1.Cl. The van der Waals surface area contributed by atoms with E-state index in [1.54, 1.807) is 17.0 Å². The summed E-state index contributed by atoms with van der Waals surface area (Å²) in [5.74, 6) is 0.683. The molecule has 1 amide bonds. The van der Waals surface area contributed by atoms with Gasteiger partial charge in [-0.25, -0.2) is 4.39 Å². The molecule has 1 aromatic rings. The number of rotatable bonds is 8. The molecule has 2 N–H and O–H groups in total. The summed E-state index contributed by atoms with van der Waals surface area (Å²) in [4.78, 5) is 14.3. The van der Waals surface area contributed by atoms with Crippen molar-refractivity contribution >= 4 is 18.3 Å². The molecule has 0 aliphatic carbocycles. The van der Waals surface area contributed by atoms with E-state index >= 15 is 0 Å². The Morgan fingerprint density at radius 1 is 1.32 bits per heavy atom. The number of nitrogens with zero attached hydrogens (tertiary/aromatic N) is 1. The van der Waals surface area contributed by atoms with Crippen molar-refractivity contribution in [3.05, 3.63) is 35.6 Å². The fourth-order valence-electron chi connectivity index (χ4n) is 3.16. The van der Waals surface area contributed by atoms with Crippen LogP contribution in [0, 0.1) is 17.7 Å². The van der Waals surface area contributed by atoms with E-state index in [0.717, 1.165) is 25.9 Å². The molecule has 25 heavy (non-hydrogen) atoms. The van der Waals surface area contributed by atoms with E-state index in [0.29, 0.717) is 30.4 Å². The first-order chi connectivity index (χ1) is 11.5. The third kappa shape index (κ3) is 7.30. The highest BCUT2D eigenvalue weighted by Gasteiger charge is 2.22. The first-order valence-electron chi connectivity index (χ1n) is 8.87. The lowest BCUT2D eigenvalue weighted by Crippen LogP contribution is -2.37. The number of nitrogens with one attached hydrogen (secondary N) is 1. The van der Waals surface area contributed by atoms with Gasteiger partial charge < -0.3 is 15.3 Å². The normalized spacial score (nSPS) is 18.0. The fourth-order valence-corrected chi connectivity index (χ4v) is 3.16. The van der Waals surface area contributed by atoms with Crippen LogP contribution in [0.3, 0.4) is 0 Å². The average molecular weight is 373 g/mol. The van der Waals surface area contributed by atoms with Gasteiger partial charge in [0.15, 0.2) is 0 Å². The van der Waals surface area contributed by atoms with Gasteiger partial charge in [0.1, 0.15) is 5.82 Å². The summed E-state index contributed by atoms with van der Waals surface area (Å²) >= 11 is 0. The summed E-state index contributed by atoms with van der Waals surface area (Å²) in [6.45, 7) is 7.04. The summed E-state index contributed by atoms with van der Waals surface area (Å²) in [5, 5.41) is 13.7. The van der Waals surface area contributed by atoms with Gasteiger partial charge in [-0.05, 0) is 55.5 Å². The van der Waals surface area contributed by atoms with Gasteiger partial charge in [-0.3, -0.25) is 4.79 Å². The maximum atomic E-state index is 13.0. The lowest BCUT2D eigenvalue weighted by atomic mass is 10.0. The molecule has 0 spiro atoms. The van der Waals surface area contributed by atoms with Crippen molar-refractivity contribution in [3.63, 3.8) is 0 Å². The summed E-state index contributed by atoms with van der Waals surface area (Å²) in [7, 11) is 0. The van der Waals surface area contributed by atoms with E-state index in [4.69, 9.17) is 0 Å². The predicted molar refractivity (Wildman–Crippen MR) is 100 cm³/mol. The predicted octanol–water partition coefficient (Wildman–Crippen LogP) is 3.16. The zero-order valence-electron chi connectivity index (χ0n) is 15.1. The van der Waals surface area contributed by atoms with E-state index in [1.807, 2.05) is 0 Å². The second-order valence-electron chi connectivity index (χ2n) is 7.16. The molecule has 2 atom stereocenters. The Bertz CT molecular complexity index is 519. The molecule has 1 saturated heterocycles. The molecule has 1 aliphatic heterocycles. The van der Waals surface area contributed by atoms with Gasteiger partial charge in [-0.15, -0.1) is 12.4 Å². The monoisotopic (exact) mass is 372 g/mol. The van der Waals surface area contributed by atoms with Crippen molar-refractivity contribution < 1.29 is 14.3 Å². The van der Waals surface area contributed by atoms with Crippen molar-refractivity contribution in [3.8, 4) is 0 Å². The van der Waals surface area contributed by atoms with Crippen LogP contribution in [0.5, 0.6) is 0 Å². The molecule has 4 nitrogen and oxygen atoms in total. The minimum atomic E-state index is -0.790. The molecule has 0 aromatic heterocycles. The van der Waals surface area contributed by atoms with Gasteiger partial charge in [0.05, 0.1) is 12.6 Å². The summed E-state index contributed by atoms with van der Waals surface area (Å²) < 4.78 is 13.0. The number of carbonyl (C=O) groups excluding carboxylic acids is 1. The molecule has 0 saturated carbocycles. The molecule has 1 heterocycles. The average Bonchev–Trinajstić information content (AvgIpc) is 3.05. The van der Waals surface area contributed by atoms with Crippen molar-refractivity contribution in [2.45, 2.75) is 39.2 Å². The first-order valence-corrected chi connectivity index (χ1v) is 8.87. The minimum Gasteiger partial charge on any atom is -0.387 e. The van der Waals surface area contributed by atoms with Crippen molar-refractivity contribution in [2.24, 2.45) is 11.8 Å². The number of aliphatic hydroxyl groups excluding tert-OH is 1. The van der Waals surface area contributed by atoms with Crippen molar-refractivity contribution in [2.75, 3.05) is 26.2 Å². The fraction of sp³-hybridized carbons (Fsp3) is 0.632. The highest BCUT2D eigenvalue weighted by Crippen LogP contribution is 2.19. The number of hydrogen-bond acceptors (Lipinski definition) is 3. The van der Waals surface area contributed by atoms with Crippen LogP contribution in [-0.2, 0) is 4.79 Å². The van der Waals surface area contributed by atoms with Gasteiger partial charge in [-0.2, -0.15) is 0 Å². The summed E-state index contributed by atoms with van der Waals surface area (Å²) in [5.41, 5.74) is 0.637. The number of carbonyl (C=O) groups is 1. The van der Waals surface area contributed by atoms with E-state index in [9.17, 15) is 14.3 Å². The Balaban J connectivity index is 0.00000312. The maximum absolute atomic E-state index is 13.0. The van der Waals surface area contributed by atoms with E-state index < -0.39 is 6.10 Å². The highest BCUT2D eigenvalue weighted by molar-refractivity contribution is 5.85. The van der Waals surface area contributed by atoms with E-state index in [2.05, 4.69) is 19.2 Å². The van der Waals surface area contributed by atoms with Crippen LogP contribution in [0.2, 0.25) is 0 Å². The third-order valence-corrected chi connectivity index (χ3v) is 4.52. The lowest BCUT2D eigenvalue weighted by Gasteiger charge is -2.27. The molecule has 1 aromatic carbocycles. The van der Waals surface area contributed by atoms with Gasteiger partial charge >= 0.3 is 0 Å². The zero-order valence-corrected chi connectivity index (χ0v) is 15.9. The molecule has 0 radical (unpaired) electrons. The molecule has 0 bridgehead atoms. The highest BCUT2D eigenvalue weighted by atomic mass is 35.5. The molecule has 1 aliphatic rings. The lowest BCUT2D eigenvalue weighted by molar-refractivity contribution is -0.133. The molecule has 142 valence electrons. The van der Waals surface area contributed by atoms with Crippen molar-refractivity contribution in [1.82, 2.24) is 10.2 Å². The number of amides is 1. The van der Waals surface area contributed by atoms with E-state index in [-0.39, 0.29) is 30.7 Å². The van der Waals surface area contributed by atoms with Crippen LogP contribution in [0.4, 0.5) is 4.39 Å². The van der Waals surface area contributed by atoms with Crippen LogP contribution < -0.4 is 5.32 Å². The molecule has 1 fully saturated rings. The van der Waals surface area contributed by atoms with Crippen LogP contribution >= 0.6 is 12.4 Å². The minimum absolute atomic E-state index is 0. The Morgan fingerprint density at radius 3 is 2.56 bits per heavy atom. The molecular weight excluding hydrogens is 343 g/mol. The first kappa shape index (κ1) is 21.9. The van der Waals surface area contributed by atoms with Crippen LogP contribution in [0.1, 0.15) is 44.8 Å². The maximum Gasteiger partial charge on any atom is 0.222 e. The third-order valence-electron chi connectivity index (χ3n) is 4.52. The Kier molecular flexibility index (Phi) is 9.39. The number of halogens is 2. The Hall–Kier alpha value is -1.17. The molecule has 2 unspecified atom stereocenters. The van der Waals surface area contributed by atoms with Crippen LogP contribution in [-0.4, -0.2) is 42.1 Å². The summed E-state index contributed by atoms with van der Waals surface area (Å²) in [6.07, 6.45) is 1.76. The van der Waals surface area contributed by atoms with Gasteiger partial charge in [-0.1, -0.05) is 26.0 Å². The van der Waals surface area contributed by atoms with Gasteiger partial charge in [0.2, 0.25) is 5.91 Å². The number of aliphatic hydroxyl groups is 1. The van der Waals surface area contributed by atoms with Crippen molar-refractivity contribution in [1.29, 1.82) is 0 Å². The number of hydrogen-bond donors (Lipinski definition) is 2. The number of benzene rings is 1. The van der Waals surface area contributed by atoms with Crippen LogP contribution in [0.15, 0.2) is 24.3 Å². The van der Waals surface area contributed by atoms with E-state index in [1.165, 1.54) is 12.1 Å². The zero-order chi connectivity index (χ0) is 17.5. The van der Waals surface area contributed by atoms with Crippen LogP contribution in [0.25, 0.3) is 0 Å². The molecule has 2 rings (SSSR count). The second-order valence-corrected chi connectivity index (χ2v) is 7.16. The van der Waals surface area contributed by atoms with Gasteiger partial charge in [0.25, 0.3) is 0 Å². The topological polar surface area (TPSA) is 52.6 Å². The molecular formula is C19H30ClFN2O2. The largest absolute Gasteiger partial charge is 0.387 e. The standard InChI is InChI=1S/C19H29FN2O2.ClH/c1-14(2)12-22(19(24)8-3-15-9-10-21-11-15)13-18(23)16-4-6-17(20)7-5-16;/h4-7,14-15,18,21,23H,3,8-13H2,1-2H3;1H. The Morgan fingerprint density at radius 2 is 2.00 bits per heavy atom.